The van der Waals surface area contributed by atoms with E-state index in [2.05, 4.69) is 10.3 Å². The van der Waals surface area contributed by atoms with E-state index in [9.17, 15) is 13.2 Å². The zero-order chi connectivity index (χ0) is 14.3. The number of nitrogens with two attached hydrogens (primary N) is 1. The van der Waals surface area contributed by atoms with Crippen LogP contribution >= 0.6 is 0 Å². The van der Waals surface area contributed by atoms with Gasteiger partial charge < -0.3 is 0 Å². The zero-order valence-electron chi connectivity index (χ0n) is 10.4. The number of hydrogen-bond acceptors (Lipinski definition) is 5. The molecule has 0 aliphatic heterocycles. The lowest BCUT2D eigenvalue weighted by atomic mass is 10.2. The van der Waals surface area contributed by atoms with Crippen molar-refractivity contribution in [1.82, 2.24) is 15.0 Å². The molecule has 2 aromatic rings. The van der Waals surface area contributed by atoms with E-state index in [1.165, 1.54) is 12.1 Å². The first kappa shape index (κ1) is 12.9. The quantitative estimate of drug-likeness (QED) is 0.830. The van der Waals surface area contributed by atoms with Crippen LogP contribution in [0, 0.1) is 0 Å². The normalized spacial score (nSPS) is 15.2. The van der Waals surface area contributed by atoms with Crippen molar-refractivity contribution >= 4 is 16.3 Å². The largest absolute Gasteiger partial charge is 0.296 e. The third-order valence-electron chi connectivity index (χ3n) is 3.22. The van der Waals surface area contributed by atoms with Crippen LogP contribution in [0.2, 0.25) is 0 Å². The Morgan fingerprint density at radius 2 is 1.90 bits per heavy atom. The van der Waals surface area contributed by atoms with Gasteiger partial charge in [-0.05, 0) is 37.1 Å². The summed E-state index contributed by atoms with van der Waals surface area (Å²) < 4.78 is 24.0. The van der Waals surface area contributed by atoms with Crippen LogP contribution in [0.4, 0.5) is 0 Å². The fraction of sp³-hybridized carbons (Fsp3) is 0.250. The number of carbonyl (C=O) groups excluding carboxylic acids is 1. The van der Waals surface area contributed by atoms with Crippen LogP contribution in [0.15, 0.2) is 29.2 Å². The maximum Gasteiger partial charge on any atom is 0.238 e. The first-order chi connectivity index (χ1) is 9.50. The fourth-order valence-electron chi connectivity index (χ4n) is 2.09. The average Bonchev–Trinajstić information content (AvgIpc) is 3.17. The molecule has 0 spiro atoms. The summed E-state index contributed by atoms with van der Waals surface area (Å²) in [4.78, 5) is 11.0. The second kappa shape index (κ2) is 4.50. The fourth-order valence-corrected chi connectivity index (χ4v) is 2.61. The summed E-state index contributed by atoms with van der Waals surface area (Å²) in [6.45, 7) is 0. The number of aldehydes is 1. The minimum absolute atomic E-state index is 0.0324. The van der Waals surface area contributed by atoms with Gasteiger partial charge in [0.1, 0.15) is 5.69 Å². The van der Waals surface area contributed by atoms with Crippen molar-refractivity contribution in [3.05, 3.63) is 35.7 Å². The molecule has 7 nitrogen and oxygen atoms in total. The molecule has 8 heteroatoms. The molecule has 1 aliphatic carbocycles. The molecule has 1 fully saturated rings. The number of primary sulfonamides is 1. The predicted molar refractivity (Wildman–Crippen MR) is 70.1 cm³/mol. The summed E-state index contributed by atoms with van der Waals surface area (Å²) in [5.74, 6) is 0.295. The first-order valence-electron chi connectivity index (χ1n) is 6.04. The highest BCUT2D eigenvalue weighted by Crippen LogP contribution is 2.41. The van der Waals surface area contributed by atoms with Gasteiger partial charge in [0.15, 0.2) is 6.29 Å². The minimum atomic E-state index is -3.72. The highest BCUT2D eigenvalue weighted by atomic mass is 32.2. The van der Waals surface area contributed by atoms with E-state index >= 15 is 0 Å². The number of rotatable bonds is 4. The molecule has 20 heavy (non-hydrogen) atoms. The van der Waals surface area contributed by atoms with Crippen LogP contribution in [-0.2, 0) is 10.0 Å². The lowest BCUT2D eigenvalue weighted by molar-refractivity contribution is 0.111. The summed E-state index contributed by atoms with van der Waals surface area (Å²) in [5.41, 5.74) is 1.77. The Morgan fingerprint density at radius 1 is 1.25 bits per heavy atom. The van der Waals surface area contributed by atoms with Gasteiger partial charge in [-0.3, -0.25) is 4.79 Å². The van der Waals surface area contributed by atoms with Crippen molar-refractivity contribution < 1.29 is 13.2 Å². The molecule has 1 heterocycles. The van der Waals surface area contributed by atoms with Crippen LogP contribution in [0.5, 0.6) is 0 Å². The Bertz CT molecular complexity index is 761. The van der Waals surface area contributed by atoms with Gasteiger partial charge >= 0.3 is 0 Å². The van der Waals surface area contributed by atoms with E-state index in [0.717, 1.165) is 18.5 Å². The van der Waals surface area contributed by atoms with Gasteiger partial charge in [-0.25, -0.2) is 18.2 Å². The van der Waals surface area contributed by atoms with E-state index in [0.29, 0.717) is 23.6 Å². The molecule has 2 N–H and O–H groups in total. The van der Waals surface area contributed by atoms with E-state index in [1.807, 2.05) is 0 Å². The highest BCUT2D eigenvalue weighted by Gasteiger charge is 2.31. The van der Waals surface area contributed by atoms with Crippen molar-refractivity contribution in [2.45, 2.75) is 23.7 Å². The molecule has 1 aromatic heterocycles. The molecule has 3 rings (SSSR count). The van der Waals surface area contributed by atoms with E-state index < -0.39 is 10.0 Å². The van der Waals surface area contributed by atoms with Gasteiger partial charge in [0, 0.05) is 5.92 Å². The maximum absolute atomic E-state index is 11.2. The second-order valence-electron chi connectivity index (χ2n) is 4.70. The third kappa shape index (κ3) is 2.23. The lowest BCUT2D eigenvalue weighted by Crippen LogP contribution is -2.12. The van der Waals surface area contributed by atoms with Gasteiger partial charge in [0.25, 0.3) is 0 Å². The maximum atomic E-state index is 11.2. The van der Waals surface area contributed by atoms with Crippen LogP contribution in [0.3, 0.4) is 0 Å². The molecule has 0 bridgehead atoms. The van der Waals surface area contributed by atoms with E-state index in [4.69, 9.17) is 5.14 Å². The van der Waals surface area contributed by atoms with Crippen LogP contribution in [0.25, 0.3) is 5.69 Å². The summed E-state index contributed by atoms with van der Waals surface area (Å²) in [6, 6.07) is 6.00. The molecular weight excluding hydrogens is 280 g/mol. The zero-order valence-corrected chi connectivity index (χ0v) is 11.2. The number of benzene rings is 1. The molecular formula is C12H12N4O3S. The highest BCUT2D eigenvalue weighted by molar-refractivity contribution is 7.89. The van der Waals surface area contributed by atoms with Gasteiger partial charge in [0.05, 0.1) is 16.3 Å². The molecule has 0 radical (unpaired) electrons. The first-order valence-corrected chi connectivity index (χ1v) is 7.59. The molecule has 1 aliphatic rings. The van der Waals surface area contributed by atoms with Crippen molar-refractivity contribution in [2.75, 3.05) is 0 Å². The monoisotopic (exact) mass is 292 g/mol. The average molecular weight is 292 g/mol. The molecule has 0 atom stereocenters. The van der Waals surface area contributed by atoms with Crippen molar-refractivity contribution in [2.24, 2.45) is 5.14 Å². The van der Waals surface area contributed by atoms with Crippen molar-refractivity contribution in [3.8, 4) is 5.69 Å². The molecule has 0 saturated heterocycles. The van der Waals surface area contributed by atoms with Crippen LogP contribution in [0.1, 0.15) is 34.9 Å². The molecule has 0 amide bonds. The molecule has 0 unspecified atom stereocenters. The SMILES string of the molecule is NS(=O)(=O)c1ccc(-n2nnc(C=O)c2C2CC2)cc1. The van der Waals surface area contributed by atoms with Crippen LogP contribution in [-0.4, -0.2) is 29.7 Å². The van der Waals surface area contributed by atoms with E-state index in [-0.39, 0.29) is 4.90 Å². The lowest BCUT2D eigenvalue weighted by Gasteiger charge is -2.06. The Kier molecular flexibility index (Phi) is 2.91. The summed E-state index contributed by atoms with van der Waals surface area (Å²) in [7, 11) is -3.72. The van der Waals surface area contributed by atoms with Gasteiger partial charge in [0.2, 0.25) is 10.0 Å². The van der Waals surface area contributed by atoms with Gasteiger partial charge in [-0.2, -0.15) is 0 Å². The molecule has 1 aromatic carbocycles. The third-order valence-corrected chi connectivity index (χ3v) is 4.15. The predicted octanol–water partition coefficient (Wildman–Crippen LogP) is 0.605. The van der Waals surface area contributed by atoms with Crippen molar-refractivity contribution in [1.29, 1.82) is 0 Å². The standard InChI is InChI=1S/C12H12N4O3S/c13-20(18,19)10-5-3-9(4-6-10)16-12(8-1-2-8)11(7-17)14-15-16/h3-8H,1-2H2,(H2,13,18,19). The minimum Gasteiger partial charge on any atom is -0.296 e. The van der Waals surface area contributed by atoms with Crippen molar-refractivity contribution in [3.63, 3.8) is 0 Å². The molecule has 104 valence electrons. The summed E-state index contributed by atoms with van der Waals surface area (Å²) in [6.07, 6.45) is 2.70. The Balaban J connectivity index is 2.05. The van der Waals surface area contributed by atoms with Gasteiger partial charge in [-0.15, -0.1) is 5.10 Å². The summed E-state index contributed by atoms with van der Waals surface area (Å²) >= 11 is 0. The topological polar surface area (TPSA) is 108 Å². The smallest absolute Gasteiger partial charge is 0.238 e. The van der Waals surface area contributed by atoms with Gasteiger partial charge in [-0.1, -0.05) is 5.21 Å². The number of carbonyl (C=O) groups is 1. The van der Waals surface area contributed by atoms with Crippen LogP contribution < -0.4 is 5.14 Å². The molecule has 1 saturated carbocycles. The number of aromatic nitrogens is 3. The number of sulfonamides is 1. The second-order valence-corrected chi connectivity index (χ2v) is 6.26. The summed E-state index contributed by atoms with van der Waals surface area (Å²) in [5, 5.41) is 12.9. The Labute approximate surface area is 115 Å². The van der Waals surface area contributed by atoms with E-state index in [1.54, 1.807) is 16.8 Å². The Hall–Kier alpha value is -2.06. The Morgan fingerprint density at radius 3 is 2.40 bits per heavy atom. The number of nitrogens with zero attached hydrogens (tertiary/aromatic N) is 3. The number of hydrogen-bond donors (Lipinski definition) is 1.